The molecule has 2 unspecified atom stereocenters. The number of hydrogen-bond acceptors (Lipinski definition) is 10. The molecule has 190 valence electrons. The van der Waals surface area contributed by atoms with Gasteiger partial charge in [-0.25, -0.2) is 0 Å². The molecule has 1 aromatic carbocycles. The zero-order valence-corrected chi connectivity index (χ0v) is 20.2. The van der Waals surface area contributed by atoms with Crippen molar-refractivity contribution in [2.75, 3.05) is 69.3 Å². The Bertz CT molecular complexity index is 614. The van der Waals surface area contributed by atoms with Crippen LogP contribution in [-0.4, -0.2) is 99.8 Å². The largest absolute Gasteiger partial charge is 0.380 e. The van der Waals surface area contributed by atoms with Gasteiger partial charge in [0.1, 0.15) is 51.6 Å². The minimum atomic E-state index is -0.529. The molecule has 0 spiro atoms. The summed E-state index contributed by atoms with van der Waals surface area (Å²) in [6, 6.07) is 8.19. The van der Waals surface area contributed by atoms with Crippen LogP contribution in [0.5, 0.6) is 0 Å². The number of methoxy groups -OCH3 is 5. The van der Waals surface area contributed by atoms with Gasteiger partial charge in [-0.1, -0.05) is 24.3 Å². The Labute approximate surface area is 196 Å². The van der Waals surface area contributed by atoms with Crippen LogP contribution in [0.15, 0.2) is 24.3 Å². The molecular weight excluding hydrogens is 436 g/mol. The highest BCUT2D eigenvalue weighted by atomic mass is 16.7. The molecule has 0 radical (unpaired) electrons. The van der Waals surface area contributed by atoms with Crippen LogP contribution in [0.25, 0.3) is 0 Å². The van der Waals surface area contributed by atoms with Gasteiger partial charge in [-0.15, -0.1) is 0 Å². The van der Waals surface area contributed by atoms with Gasteiger partial charge < -0.3 is 47.4 Å². The van der Waals surface area contributed by atoms with Crippen LogP contribution >= 0.6 is 0 Å². The van der Waals surface area contributed by atoms with E-state index in [9.17, 15) is 0 Å². The summed E-state index contributed by atoms with van der Waals surface area (Å²) in [5, 5.41) is 0. The van der Waals surface area contributed by atoms with Crippen molar-refractivity contribution in [1.82, 2.24) is 0 Å². The smallest absolute Gasteiger partial charge is 0.146 e. The summed E-state index contributed by atoms with van der Waals surface area (Å²) in [7, 11) is 7.93. The third-order valence-corrected chi connectivity index (χ3v) is 5.12. The third-order valence-electron chi connectivity index (χ3n) is 5.12. The minimum Gasteiger partial charge on any atom is -0.380 e. The molecule has 1 heterocycles. The SMILES string of the molecule is COCOCC1O[C@@H](Cc2ccc(COC)cc2)C(OCOC)[C@H](OCOC)[C@@H]1OCOC. The average molecular weight is 475 g/mol. The van der Waals surface area contributed by atoms with Gasteiger partial charge in [-0.05, 0) is 11.1 Å². The average Bonchev–Trinajstić information content (AvgIpc) is 2.83. The Morgan fingerprint density at radius 1 is 0.606 bits per heavy atom. The van der Waals surface area contributed by atoms with E-state index in [1.807, 2.05) is 12.1 Å². The van der Waals surface area contributed by atoms with Crippen LogP contribution < -0.4 is 0 Å². The molecule has 1 aliphatic rings. The molecule has 0 saturated carbocycles. The summed E-state index contributed by atoms with van der Waals surface area (Å²) >= 11 is 0. The Balaban J connectivity index is 2.28. The molecule has 2 rings (SSSR count). The third kappa shape index (κ3) is 9.18. The number of ether oxygens (including phenoxy) is 10. The van der Waals surface area contributed by atoms with Gasteiger partial charge in [0.15, 0.2) is 0 Å². The molecule has 10 nitrogen and oxygen atoms in total. The fourth-order valence-electron chi connectivity index (χ4n) is 3.74. The predicted octanol–water partition coefficient (Wildman–Crippen LogP) is 1.73. The molecule has 1 aromatic rings. The molecule has 1 saturated heterocycles. The van der Waals surface area contributed by atoms with Crippen molar-refractivity contribution < 1.29 is 47.4 Å². The van der Waals surface area contributed by atoms with Gasteiger partial charge in [-0.2, -0.15) is 0 Å². The highest BCUT2D eigenvalue weighted by Gasteiger charge is 2.48. The number of rotatable bonds is 17. The lowest BCUT2D eigenvalue weighted by atomic mass is 9.91. The van der Waals surface area contributed by atoms with Gasteiger partial charge in [0, 0.05) is 42.0 Å². The van der Waals surface area contributed by atoms with Crippen molar-refractivity contribution >= 4 is 0 Å². The van der Waals surface area contributed by atoms with Crippen LogP contribution in [0.4, 0.5) is 0 Å². The summed E-state index contributed by atoms with van der Waals surface area (Å²) in [6.07, 6.45) is -1.74. The summed E-state index contributed by atoms with van der Waals surface area (Å²) in [4.78, 5) is 0. The van der Waals surface area contributed by atoms with Gasteiger partial charge in [0.05, 0.1) is 19.3 Å². The Morgan fingerprint density at radius 2 is 1.12 bits per heavy atom. The van der Waals surface area contributed by atoms with E-state index in [0.717, 1.165) is 11.1 Å². The molecule has 0 aliphatic carbocycles. The number of benzene rings is 1. The standard InChI is InChI=1S/C23H38O10/c1-24-11-18-8-6-17(7-9-18)10-19-21(30-14-26-3)23(32-16-28-5)22(31-15-27-4)20(33-19)12-29-13-25-2/h6-9,19-23H,10-16H2,1-5H3/t19-,20?,21?,22+,23-/m0/s1. The fraction of sp³-hybridized carbons (Fsp3) is 0.739. The monoisotopic (exact) mass is 474 g/mol. The Morgan fingerprint density at radius 3 is 1.67 bits per heavy atom. The molecule has 33 heavy (non-hydrogen) atoms. The van der Waals surface area contributed by atoms with Gasteiger partial charge in [0.25, 0.3) is 0 Å². The van der Waals surface area contributed by atoms with Crippen molar-refractivity contribution in [1.29, 1.82) is 0 Å². The van der Waals surface area contributed by atoms with E-state index in [0.29, 0.717) is 13.0 Å². The highest BCUT2D eigenvalue weighted by molar-refractivity contribution is 5.23. The van der Waals surface area contributed by atoms with Gasteiger partial charge >= 0.3 is 0 Å². The van der Waals surface area contributed by atoms with Crippen molar-refractivity contribution in [3.63, 3.8) is 0 Å². The quantitative estimate of drug-likeness (QED) is 0.245. The first-order valence-corrected chi connectivity index (χ1v) is 10.8. The first-order chi connectivity index (χ1) is 16.2. The van der Waals surface area contributed by atoms with E-state index in [1.165, 1.54) is 0 Å². The maximum absolute atomic E-state index is 6.46. The fourth-order valence-corrected chi connectivity index (χ4v) is 3.74. The summed E-state index contributed by atoms with van der Waals surface area (Å²) in [5.41, 5.74) is 2.18. The first-order valence-electron chi connectivity index (χ1n) is 10.8. The zero-order valence-electron chi connectivity index (χ0n) is 20.2. The predicted molar refractivity (Wildman–Crippen MR) is 118 cm³/mol. The molecule has 0 amide bonds. The van der Waals surface area contributed by atoms with Crippen LogP contribution in [0.1, 0.15) is 11.1 Å². The molecule has 0 N–H and O–H groups in total. The molecule has 1 fully saturated rings. The Kier molecular flexibility index (Phi) is 14.0. The lowest BCUT2D eigenvalue weighted by molar-refractivity contribution is -0.297. The molecule has 0 aromatic heterocycles. The molecule has 0 bridgehead atoms. The second kappa shape index (κ2) is 16.4. The van der Waals surface area contributed by atoms with Crippen LogP contribution in [-0.2, 0) is 60.4 Å². The van der Waals surface area contributed by atoms with Crippen LogP contribution in [0.3, 0.4) is 0 Å². The second-order valence-electron chi connectivity index (χ2n) is 7.56. The van der Waals surface area contributed by atoms with E-state index in [2.05, 4.69) is 12.1 Å². The summed E-state index contributed by atoms with van der Waals surface area (Å²) in [6.45, 7) is 1.14. The van der Waals surface area contributed by atoms with Crippen LogP contribution in [0, 0.1) is 0 Å². The highest BCUT2D eigenvalue weighted by Crippen LogP contribution is 2.30. The van der Waals surface area contributed by atoms with Gasteiger partial charge in [0.2, 0.25) is 0 Å². The summed E-state index contributed by atoms with van der Waals surface area (Å²) in [5.74, 6) is 0. The molecule has 10 heteroatoms. The van der Waals surface area contributed by atoms with Crippen molar-refractivity contribution in [2.45, 2.75) is 43.5 Å². The van der Waals surface area contributed by atoms with Crippen molar-refractivity contribution in [3.05, 3.63) is 35.4 Å². The molecular formula is C23H38O10. The summed E-state index contributed by atoms with van der Waals surface area (Å²) < 4.78 is 55.8. The minimum absolute atomic E-state index is 0.0598. The van der Waals surface area contributed by atoms with E-state index in [-0.39, 0.29) is 39.9 Å². The van der Waals surface area contributed by atoms with Crippen molar-refractivity contribution in [2.24, 2.45) is 0 Å². The normalized spacial score (nSPS) is 25.4. The zero-order chi connectivity index (χ0) is 23.9. The topological polar surface area (TPSA) is 92.3 Å². The second-order valence-corrected chi connectivity index (χ2v) is 7.56. The van der Waals surface area contributed by atoms with Crippen LogP contribution in [0.2, 0.25) is 0 Å². The lowest BCUT2D eigenvalue weighted by Crippen LogP contribution is -2.62. The first kappa shape index (κ1) is 28.1. The Hall–Kier alpha value is -1.18. The number of hydrogen-bond donors (Lipinski definition) is 0. The van der Waals surface area contributed by atoms with E-state index < -0.39 is 24.4 Å². The van der Waals surface area contributed by atoms with Crippen molar-refractivity contribution in [3.8, 4) is 0 Å². The van der Waals surface area contributed by atoms with E-state index in [4.69, 9.17) is 47.4 Å². The lowest BCUT2D eigenvalue weighted by Gasteiger charge is -2.46. The maximum atomic E-state index is 6.46. The van der Waals surface area contributed by atoms with E-state index >= 15 is 0 Å². The van der Waals surface area contributed by atoms with Gasteiger partial charge in [-0.3, -0.25) is 0 Å². The molecule has 1 aliphatic heterocycles. The molecule has 5 atom stereocenters. The maximum Gasteiger partial charge on any atom is 0.146 e. The van der Waals surface area contributed by atoms with E-state index in [1.54, 1.807) is 35.5 Å².